The molecule has 2 rings (SSSR count). The van der Waals surface area contributed by atoms with Crippen LogP contribution < -0.4 is 10.5 Å². The van der Waals surface area contributed by atoms with Crippen LogP contribution >= 0.6 is 11.3 Å². The molecule has 0 bridgehead atoms. The molecule has 1 aromatic heterocycles. The first-order valence-electron chi connectivity index (χ1n) is 4.91. The molecule has 0 atom stereocenters. The SMILES string of the molecule is Nc1ccc(F)c(S(=O)(=O)NCc2cncs2)c1. The van der Waals surface area contributed by atoms with E-state index >= 15 is 0 Å². The van der Waals surface area contributed by atoms with Gasteiger partial charge in [-0.05, 0) is 18.2 Å². The first-order valence-corrected chi connectivity index (χ1v) is 7.27. The highest BCUT2D eigenvalue weighted by molar-refractivity contribution is 7.89. The van der Waals surface area contributed by atoms with Gasteiger partial charge in [-0.25, -0.2) is 17.5 Å². The maximum absolute atomic E-state index is 13.4. The van der Waals surface area contributed by atoms with Gasteiger partial charge in [0.2, 0.25) is 10.0 Å². The van der Waals surface area contributed by atoms with Crippen LogP contribution in [0.2, 0.25) is 0 Å². The fraction of sp³-hybridized carbons (Fsp3) is 0.100. The number of rotatable bonds is 4. The molecule has 1 heterocycles. The van der Waals surface area contributed by atoms with Gasteiger partial charge >= 0.3 is 0 Å². The molecule has 0 aliphatic rings. The number of nitrogens with zero attached hydrogens (tertiary/aromatic N) is 1. The predicted octanol–water partition coefficient (Wildman–Crippen LogP) is 1.34. The quantitative estimate of drug-likeness (QED) is 0.831. The number of hydrogen-bond donors (Lipinski definition) is 2. The van der Waals surface area contributed by atoms with Crippen molar-refractivity contribution in [2.75, 3.05) is 5.73 Å². The molecule has 0 amide bonds. The number of nitrogens with one attached hydrogen (secondary N) is 1. The molecule has 0 aliphatic heterocycles. The molecule has 5 nitrogen and oxygen atoms in total. The second-order valence-electron chi connectivity index (χ2n) is 3.48. The van der Waals surface area contributed by atoms with Crippen molar-refractivity contribution in [3.63, 3.8) is 0 Å². The van der Waals surface area contributed by atoms with E-state index in [2.05, 4.69) is 9.71 Å². The first-order chi connectivity index (χ1) is 8.49. The number of thiazole rings is 1. The van der Waals surface area contributed by atoms with Gasteiger partial charge in [0.25, 0.3) is 0 Å². The molecule has 3 N–H and O–H groups in total. The molecule has 0 spiro atoms. The van der Waals surface area contributed by atoms with Crippen molar-refractivity contribution in [2.45, 2.75) is 11.4 Å². The minimum Gasteiger partial charge on any atom is -0.399 e. The third kappa shape index (κ3) is 2.84. The highest BCUT2D eigenvalue weighted by Crippen LogP contribution is 2.18. The molecule has 0 radical (unpaired) electrons. The van der Waals surface area contributed by atoms with Crippen LogP contribution in [0.5, 0.6) is 0 Å². The van der Waals surface area contributed by atoms with Crippen molar-refractivity contribution in [1.82, 2.24) is 9.71 Å². The maximum atomic E-state index is 13.4. The number of anilines is 1. The zero-order valence-corrected chi connectivity index (χ0v) is 10.8. The van der Waals surface area contributed by atoms with Crippen molar-refractivity contribution < 1.29 is 12.8 Å². The van der Waals surface area contributed by atoms with Crippen molar-refractivity contribution in [3.05, 3.63) is 40.6 Å². The molecule has 0 unspecified atom stereocenters. The molecule has 96 valence electrons. The Labute approximate surface area is 108 Å². The van der Waals surface area contributed by atoms with Gasteiger partial charge in [-0.2, -0.15) is 0 Å². The van der Waals surface area contributed by atoms with Gasteiger partial charge in [0.05, 0.1) is 5.51 Å². The van der Waals surface area contributed by atoms with Gasteiger partial charge in [0.15, 0.2) is 0 Å². The summed E-state index contributed by atoms with van der Waals surface area (Å²) in [5.41, 5.74) is 7.23. The molecular weight excluding hydrogens is 277 g/mol. The van der Waals surface area contributed by atoms with E-state index in [9.17, 15) is 12.8 Å². The number of nitrogens with two attached hydrogens (primary N) is 1. The van der Waals surface area contributed by atoms with Gasteiger partial charge in [-0.15, -0.1) is 11.3 Å². The Balaban J connectivity index is 2.22. The van der Waals surface area contributed by atoms with E-state index in [1.807, 2.05) is 0 Å². The Morgan fingerprint density at radius 1 is 1.44 bits per heavy atom. The highest BCUT2D eigenvalue weighted by atomic mass is 32.2. The van der Waals surface area contributed by atoms with E-state index in [0.717, 1.165) is 17.0 Å². The van der Waals surface area contributed by atoms with Crippen molar-refractivity contribution in [3.8, 4) is 0 Å². The van der Waals surface area contributed by atoms with E-state index in [-0.39, 0.29) is 12.2 Å². The summed E-state index contributed by atoms with van der Waals surface area (Å²) in [5.74, 6) is -0.832. The maximum Gasteiger partial charge on any atom is 0.243 e. The number of aromatic nitrogens is 1. The summed E-state index contributed by atoms with van der Waals surface area (Å²) < 4.78 is 39.5. The Hall–Kier alpha value is -1.51. The van der Waals surface area contributed by atoms with Crippen LogP contribution in [0.3, 0.4) is 0 Å². The van der Waals surface area contributed by atoms with E-state index in [0.29, 0.717) is 0 Å². The standard InChI is InChI=1S/C10H10FN3O2S2/c11-9-2-1-7(12)3-10(9)18(15,16)14-5-8-4-13-6-17-8/h1-4,6,14H,5,12H2. The van der Waals surface area contributed by atoms with E-state index in [4.69, 9.17) is 5.73 Å². The topological polar surface area (TPSA) is 85.1 Å². The minimum absolute atomic E-state index is 0.0707. The van der Waals surface area contributed by atoms with Gasteiger partial charge in [0.1, 0.15) is 10.7 Å². The van der Waals surface area contributed by atoms with E-state index in [1.54, 1.807) is 11.7 Å². The summed E-state index contributed by atoms with van der Waals surface area (Å²) in [6, 6.07) is 3.42. The number of halogens is 1. The zero-order chi connectivity index (χ0) is 13.2. The van der Waals surface area contributed by atoms with Gasteiger partial charge < -0.3 is 5.73 Å². The normalized spacial score (nSPS) is 11.6. The Kier molecular flexibility index (Phi) is 3.60. The van der Waals surface area contributed by atoms with Crippen molar-refractivity contribution >= 4 is 27.0 Å². The summed E-state index contributed by atoms with van der Waals surface area (Å²) in [7, 11) is -3.92. The van der Waals surface area contributed by atoms with E-state index in [1.165, 1.54) is 17.4 Å². The van der Waals surface area contributed by atoms with E-state index < -0.39 is 20.7 Å². The largest absolute Gasteiger partial charge is 0.399 e. The van der Waals surface area contributed by atoms with Crippen LogP contribution in [0.25, 0.3) is 0 Å². The second-order valence-corrected chi connectivity index (χ2v) is 6.19. The van der Waals surface area contributed by atoms with Gasteiger partial charge in [-0.1, -0.05) is 0 Å². The van der Waals surface area contributed by atoms with Crippen LogP contribution in [0.15, 0.2) is 34.8 Å². The predicted molar refractivity (Wildman–Crippen MR) is 67.0 cm³/mol. The average Bonchev–Trinajstić information content (AvgIpc) is 2.83. The summed E-state index contributed by atoms with van der Waals surface area (Å²) in [6.07, 6.45) is 1.54. The number of nitrogen functional groups attached to an aromatic ring is 1. The summed E-state index contributed by atoms with van der Waals surface area (Å²) in [5, 5.41) is 0. The van der Waals surface area contributed by atoms with Crippen LogP contribution in [0, 0.1) is 5.82 Å². The molecule has 2 aromatic rings. The third-order valence-corrected chi connectivity index (χ3v) is 4.36. The van der Waals surface area contributed by atoms with Gasteiger partial charge in [-0.3, -0.25) is 4.98 Å². The molecular formula is C10H10FN3O2S2. The molecule has 0 saturated heterocycles. The molecule has 0 saturated carbocycles. The monoisotopic (exact) mass is 287 g/mol. The number of hydrogen-bond acceptors (Lipinski definition) is 5. The Morgan fingerprint density at radius 3 is 2.89 bits per heavy atom. The molecule has 18 heavy (non-hydrogen) atoms. The number of sulfonamides is 1. The van der Waals surface area contributed by atoms with Crippen LogP contribution in [-0.2, 0) is 16.6 Å². The Morgan fingerprint density at radius 2 is 2.22 bits per heavy atom. The second kappa shape index (κ2) is 5.01. The average molecular weight is 287 g/mol. The molecule has 1 aromatic carbocycles. The lowest BCUT2D eigenvalue weighted by atomic mass is 10.3. The summed E-state index contributed by atoms with van der Waals surface area (Å²) in [4.78, 5) is 4.10. The lowest BCUT2D eigenvalue weighted by Crippen LogP contribution is -2.24. The zero-order valence-electron chi connectivity index (χ0n) is 9.13. The number of benzene rings is 1. The van der Waals surface area contributed by atoms with Crippen molar-refractivity contribution in [2.24, 2.45) is 0 Å². The fourth-order valence-corrected chi connectivity index (χ4v) is 3.04. The van der Waals surface area contributed by atoms with Gasteiger partial charge in [0, 0.05) is 23.3 Å². The highest BCUT2D eigenvalue weighted by Gasteiger charge is 2.19. The third-order valence-electron chi connectivity index (χ3n) is 2.16. The van der Waals surface area contributed by atoms with Crippen LogP contribution in [0.4, 0.5) is 10.1 Å². The summed E-state index contributed by atoms with van der Waals surface area (Å²) in [6.45, 7) is 0.0707. The smallest absolute Gasteiger partial charge is 0.243 e. The molecule has 8 heteroatoms. The van der Waals surface area contributed by atoms with Crippen molar-refractivity contribution in [1.29, 1.82) is 0 Å². The minimum atomic E-state index is -3.92. The first kappa shape index (κ1) is 12.9. The Bertz CT molecular complexity index is 641. The lowest BCUT2D eigenvalue weighted by molar-refractivity contribution is 0.557. The van der Waals surface area contributed by atoms with Crippen LogP contribution in [-0.4, -0.2) is 13.4 Å². The van der Waals surface area contributed by atoms with Crippen LogP contribution in [0.1, 0.15) is 4.88 Å². The summed E-state index contributed by atoms with van der Waals surface area (Å²) >= 11 is 1.31. The molecule has 0 aliphatic carbocycles. The lowest BCUT2D eigenvalue weighted by Gasteiger charge is -2.07. The molecule has 0 fully saturated rings. The fourth-order valence-electron chi connectivity index (χ4n) is 1.30.